The van der Waals surface area contributed by atoms with E-state index in [-0.39, 0.29) is 0 Å². The molecule has 1 fully saturated rings. The van der Waals surface area contributed by atoms with Gasteiger partial charge in [0.15, 0.2) is 0 Å². The fourth-order valence-corrected chi connectivity index (χ4v) is 2.91. The van der Waals surface area contributed by atoms with E-state index in [1.165, 1.54) is 18.4 Å². The first-order valence-corrected chi connectivity index (χ1v) is 6.85. The highest BCUT2D eigenvalue weighted by Crippen LogP contribution is 2.38. The van der Waals surface area contributed by atoms with Crippen molar-refractivity contribution in [3.8, 4) is 0 Å². The summed E-state index contributed by atoms with van der Waals surface area (Å²) >= 11 is 1.60. The van der Waals surface area contributed by atoms with Gasteiger partial charge in [-0.3, -0.25) is 0 Å². The van der Waals surface area contributed by atoms with Gasteiger partial charge < -0.3 is 5.73 Å². The van der Waals surface area contributed by atoms with E-state index >= 15 is 0 Å². The zero-order valence-corrected chi connectivity index (χ0v) is 11.0. The van der Waals surface area contributed by atoms with E-state index in [0.29, 0.717) is 12.6 Å². The van der Waals surface area contributed by atoms with Gasteiger partial charge in [-0.25, -0.2) is 4.68 Å². The summed E-state index contributed by atoms with van der Waals surface area (Å²) in [6, 6.07) is 6.78. The maximum atomic E-state index is 5.77. The van der Waals surface area contributed by atoms with Crippen molar-refractivity contribution >= 4 is 11.8 Å². The van der Waals surface area contributed by atoms with E-state index in [1.54, 1.807) is 11.8 Å². The minimum absolute atomic E-state index is 0.494. The summed E-state index contributed by atoms with van der Waals surface area (Å²) in [6.45, 7) is 2.61. The van der Waals surface area contributed by atoms with Gasteiger partial charge in [-0.1, -0.05) is 12.1 Å². The van der Waals surface area contributed by atoms with Crippen LogP contribution >= 0.6 is 11.8 Å². The van der Waals surface area contributed by atoms with E-state index in [4.69, 9.17) is 5.73 Å². The van der Waals surface area contributed by atoms with Crippen LogP contribution in [0.2, 0.25) is 0 Å². The highest BCUT2D eigenvalue weighted by molar-refractivity contribution is 7.99. The number of nitrogens with two attached hydrogens (primary N) is 1. The molecule has 1 aliphatic rings. The number of aryl methyl sites for hydroxylation is 1. The lowest BCUT2D eigenvalue weighted by molar-refractivity contribution is 0.565. The molecule has 1 heterocycles. The quantitative estimate of drug-likeness (QED) is 0.910. The van der Waals surface area contributed by atoms with Gasteiger partial charge in [0.25, 0.3) is 0 Å². The van der Waals surface area contributed by atoms with Gasteiger partial charge in [0.05, 0.1) is 6.04 Å². The molecule has 2 aromatic rings. The lowest BCUT2D eigenvalue weighted by Gasteiger charge is -2.08. The molecule has 94 valence electrons. The van der Waals surface area contributed by atoms with Crippen LogP contribution in [-0.2, 0) is 6.54 Å². The second-order valence-electron chi connectivity index (χ2n) is 4.55. The standard InChI is InChI=1S/C12H15N5S/c1-8-2-3-9(7-13)11(6-8)18-12-14-15-16-17(12)10-4-5-10/h2-3,6,10H,4-5,7,13H2,1H3. The number of aromatic nitrogens is 4. The summed E-state index contributed by atoms with van der Waals surface area (Å²) in [6.07, 6.45) is 2.35. The first-order chi connectivity index (χ1) is 8.78. The predicted octanol–water partition coefficient (Wildman–Crippen LogP) is 1.93. The summed E-state index contributed by atoms with van der Waals surface area (Å²) in [7, 11) is 0. The molecule has 1 aromatic carbocycles. The molecular weight excluding hydrogens is 246 g/mol. The van der Waals surface area contributed by atoms with Crippen molar-refractivity contribution in [2.45, 2.75) is 42.4 Å². The highest BCUT2D eigenvalue weighted by atomic mass is 32.2. The molecule has 0 atom stereocenters. The molecule has 2 N–H and O–H groups in total. The van der Waals surface area contributed by atoms with Crippen LogP contribution in [0.15, 0.2) is 28.3 Å². The molecule has 0 bridgehead atoms. The maximum Gasteiger partial charge on any atom is 0.214 e. The Morgan fingerprint density at radius 1 is 1.44 bits per heavy atom. The third-order valence-corrected chi connectivity index (χ3v) is 4.05. The molecule has 0 amide bonds. The SMILES string of the molecule is Cc1ccc(CN)c(Sc2nnnn2C2CC2)c1. The molecule has 6 heteroatoms. The summed E-state index contributed by atoms with van der Waals surface area (Å²) < 4.78 is 1.92. The Balaban J connectivity index is 1.91. The van der Waals surface area contributed by atoms with E-state index in [1.807, 2.05) is 4.68 Å². The summed E-state index contributed by atoms with van der Waals surface area (Å²) in [5.74, 6) is 0. The molecule has 1 saturated carbocycles. The van der Waals surface area contributed by atoms with Gasteiger partial charge in [-0.05, 0) is 59.1 Å². The van der Waals surface area contributed by atoms with Crippen LogP contribution in [0, 0.1) is 6.92 Å². The van der Waals surface area contributed by atoms with Crippen molar-refractivity contribution in [1.29, 1.82) is 0 Å². The molecule has 0 radical (unpaired) electrons. The van der Waals surface area contributed by atoms with Crippen LogP contribution in [0.25, 0.3) is 0 Å². The molecule has 0 aliphatic heterocycles. The Labute approximate surface area is 110 Å². The third-order valence-electron chi connectivity index (χ3n) is 3.00. The Morgan fingerprint density at radius 2 is 2.28 bits per heavy atom. The van der Waals surface area contributed by atoms with Gasteiger partial charge in [-0.2, -0.15) is 0 Å². The van der Waals surface area contributed by atoms with Crippen molar-refractivity contribution in [3.05, 3.63) is 29.3 Å². The number of nitrogens with zero attached hydrogens (tertiary/aromatic N) is 4. The lowest BCUT2D eigenvalue weighted by Crippen LogP contribution is -2.01. The molecule has 5 nitrogen and oxygen atoms in total. The van der Waals surface area contributed by atoms with Crippen LogP contribution in [0.1, 0.15) is 30.0 Å². The number of rotatable bonds is 4. The van der Waals surface area contributed by atoms with Gasteiger partial charge in [0, 0.05) is 11.4 Å². The van der Waals surface area contributed by atoms with Crippen LogP contribution in [0.4, 0.5) is 0 Å². The molecule has 0 unspecified atom stereocenters. The van der Waals surface area contributed by atoms with E-state index in [9.17, 15) is 0 Å². The Morgan fingerprint density at radius 3 is 3.00 bits per heavy atom. The number of benzene rings is 1. The van der Waals surface area contributed by atoms with Crippen LogP contribution in [-0.4, -0.2) is 20.2 Å². The summed E-state index contributed by atoms with van der Waals surface area (Å²) in [5.41, 5.74) is 8.13. The van der Waals surface area contributed by atoms with Crippen LogP contribution in [0.3, 0.4) is 0 Å². The summed E-state index contributed by atoms with van der Waals surface area (Å²) in [5, 5.41) is 12.8. The second-order valence-corrected chi connectivity index (χ2v) is 5.56. The van der Waals surface area contributed by atoms with Gasteiger partial charge in [0.2, 0.25) is 5.16 Å². The largest absolute Gasteiger partial charge is 0.326 e. The fourth-order valence-electron chi connectivity index (χ4n) is 1.82. The minimum Gasteiger partial charge on any atom is -0.326 e. The molecule has 0 saturated heterocycles. The van der Waals surface area contributed by atoms with Crippen molar-refractivity contribution < 1.29 is 0 Å². The minimum atomic E-state index is 0.494. The van der Waals surface area contributed by atoms with Crippen molar-refractivity contribution in [2.24, 2.45) is 5.73 Å². The first-order valence-electron chi connectivity index (χ1n) is 6.03. The average Bonchev–Trinajstić information content (AvgIpc) is 3.11. The van der Waals surface area contributed by atoms with E-state index in [2.05, 4.69) is 40.6 Å². The molecular formula is C12H15N5S. The predicted molar refractivity (Wildman–Crippen MR) is 69.3 cm³/mol. The normalized spacial score (nSPS) is 15.0. The van der Waals surface area contributed by atoms with Crippen molar-refractivity contribution in [2.75, 3.05) is 0 Å². The Bertz CT molecular complexity index is 561. The average molecular weight is 261 g/mol. The highest BCUT2D eigenvalue weighted by Gasteiger charge is 2.28. The maximum absolute atomic E-state index is 5.77. The zero-order valence-electron chi connectivity index (χ0n) is 10.2. The third kappa shape index (κ3) is 2.26. The fraction of sp³-hybridized carbons (Fsp3) is 0.417. The van der Waals surface area contributed by atoms with E-state index in [0.717, 1.165) is 15.6 Å². The lowest BCUT2D eigenvalue weighted by atomic mass is 10.1. The van der Waals surface area contributed by atoms with Gasteiger partial charge in [-0.15, -0.1) is 5.10 Å². The molecule has 3 rings (SSSR count). The second kappa shape index (κ2) is 4.70. The van der Waals surface area contributed by atoms with Crippen LogP contribution < -0.4 is 5.73 Å². The Hall–Kier alpha value is -1.40. The zero-order chi connectivity index (χ0) is 12.5. The van der Waals surface area contributed by atoms with E-state index < -0.39 is 0 Å². The van der Waals surface area contributed by atoms with Gasteiger partial charge >= 0.3 is 0 Å². The molecule has 1 aliphatic carbocycles. The summed E-state index contributed by atoms with van der Waals surface area (Å²) in [4.78, 5) is 1.15. The number of hydrogen-bond acceptors (Lipinski definition) is 5. The molecule has 1 aromatic heterocycles. The topological polar surface area (TPSA) is 69.6 Å². The number of tetrazole rings is 1. The Kier molecular flexibility index (Phi) is 3.05. The van der Waals surface area contributed by atoms with Gasteiger partial charge in [0.1, 0.15) is 0 Å². The van der Waals surface area contributed by atoms with Crippen molar-refractivity contribution in [3.63, 3.8) is 0 Å². The first kappa shape index (κ1) is 11.7. The molecule has 18 heavy (non-hydrogen) atoms. The molecule has 0 spiro atoms. The monoisotopic (exact) mass is 261 g/mol. The van der Waals surface area contributed by atoms with Crippen LogP contribution in [0.5, 0.6) is 0 Å². The number of hydrogen-bond donors (Lipinski definition) is 1. The van der Waals surface area contributed by atoms with Crippen molar-refractivity contribution in [1.82, 2.24) is 20.2 Å². The smallest absolute Gasteiger partial charge is 0.214 e.